The van der Waals surface area contributed by atoms with Crippen molar-refractivity contribution in [1.29, 1.82) is 0 Å². The summed E-state index contributed by atoms with van der Waals surface area (Å²) in [5, 5.41) is 6.19. The largest absolute Gasteiger partial charge is 0.344 e. The molecule has 4 aliphatic rings. The zero-order valence-corrected chi connectivity index (χ0v) is 17.3. The van der Waals surface area contributed by atoms with Crippen molar-refractivity contribution >= 4 is 29.8 Å². The van der Waals surface area contributed by atoms with Crippen molar-refractivity contribution in [3.05, 3.63) is 0 Å². The normalized spacial score (nSPS) is 31.2. The molecule has 10 nitrogen and oxygen atoms in total. The zero-order valence-electron chi connectivity index (χ0n) is 17.3. The molecule has 2 saturated carbocycles. The van der Waals surface area contributed by atoms with E-state index in [1.165, 1.54) is 0 Å². The Kier molecular flexibility index (Phi) is 5.19. The molecule has 7 amide bonds. The van der Waals surface area contributed by atoms with Crippen LogP contribution in [-0.4, -0.2) is 57.3 Å². The van der Waals surface area contributed by atoms with Gasteiger partial charge in [0.15, 0.2) is 0 Å². The molecule has 4 fully saturated rings. The number of nitrogens with zero attached hydrogens (tertiary/aromatic N) is 2. The minimum Gasteiger partial charge on any atom is -0.323 e. The van der Waals surface area contributed by atoms with E-state index < -0.39 is 47.4 Å². The zero-order chi connectivity index (χ0) is 21.5. The Morgan fingerprint density at radius 2 is 1.47 bits per heavy atom. The summed E-state index contributed by atoms with van der Waals surface area (Å²) in [7, 11) is 0. The number of carbonyl (C=O) groups excluding carboxylic acids is 5. The van der Waals surface area contributed by atoms with Crippen molar-refractivity contribution in [2.75, 3.05) is 6.54 Å². The lowest BCUT2D eigenvalue weighted by molar-refractivity contribution is -0.141. The molecule has 2 aliphatic carbocycles. The van der Waals surface area contributed by atoms with Gasteiger partial charge in [0, 0.05) is 0 Å². The van der Waals surface area contributed by atoms with Crippen LogP contribution in [0.1, 0.15) is 71.1 Å². The van der Waals surface area contributed by atoms with E-state index in [1.807, 2.05) is 0 Å². The number of amides is 7. The van der Waals surface area contributed by atoms with E-state index in [4.69, 9.17) is 0 Å². The van der Waals surface area contributed by atoms with Crippen LogP contribution >= 0.6 is 0 Å². The standard InChI is InChI=1S/C20H29N5O5/c1-13-6-10-20(11-7-13)16(28)25(18(30)22-20)23-14(26)12-24-15(27)19(21-17(24)29)8-4-2-3-5-9-19/h13H,2-12H2,1H3,(H,21,29)(H,22,30)(H,23,26). The van der Waals surface area contributed by atoms with E-state index in [2.05, 4.69) is 23.0 Å². The Morgan fingerprint density at radius 3 is 2.10 bits per heavy atom. The molecule has 0 radical (unpaired) electrons. The second kappa shape index (κ2) is 7.55. The number of carbonyl (C=O) groups is 5. The topological polar surface area (TPSA) is 128 Å². The molecule has 0 bridgehead atoms. The predicted octanol–water partition coefficient (Wildman–Crippen LogP) is 1.16. The third kappa shape index (κ3) is 3.41. The lowest BCUT2D eigenvalue weighted by Gasteiger charge is -2.33. The maximum Gasteiger partial charge on any atom is 0.344 e. The van der Waals surface area contributed by atoms with Crippen LogP contribution in [0.4, 0.5) is 9.59 Å². The van der Waals surface area contributed by atoms with Crippen molar-refractivity contribution < 1.29 is 24.0 Å². The highest BCUT2D eigenvalue weighted by Gasteiger charge is 2.54. The summed E-state index contributed by atoms with van der Waals surface area (Å²) < 4.78 is 0. The summed E-state index contributed by atoms with van der Waals surface area (Å²) >= 11 is 0. The maximum atomic E-state index is 12.9. The molecule has 2 heterocycles. The molecule has 2 spiro atoms. The van der Waals surface area contributed by atoms with Crippen LogP contribution in [0.5, 0.6) is 0 Å². The first kappa shape index (κ1) is 20.6. The van der Waals surface area contributed by atoms with Gasteiger partial charge in [0.2, 0.25) is 0 Å². The highest BCUT2D eigenvalue weighted by molar-refractivity contribution is 6.10. The number of hydrogen-bond donors (Lipinski definition) is 3. The number of urea groups is 2. The molecule has 0 atom stereocenters. The van der Waals surface area contributed by atoms with E-state index >= 15 is 0 Å². The van der Waals surface area contributed by atoms with Crippen molar-refractivity contribution in [2.45, 2.75) is 82.2 Å². The second-order valence-corrected chi connectivity index (χ2v) is 9.19. The Balaban J connectivity index is 1.40. The first-order valence-corrected chi connectivity index (χ1v) is 10.9. The molecular formula is C20H29N5O5. The maximum absolute atomic E-state index is 12.9. The summed E-state index contributed by atoms with van der Waals surface area (Å²) in [5.74, 6) is -1.15. The molecule has 30 heavy (non-hydrogen) atoms. The van der Waals surface area contributed by atoms with Crippen LogP contribution in [0.15, 0.2) is 0 Å². The van der Waals surface area contributed by atoms with Crippen molar-refractivity contribution in [3.63, 3.8) is 0 Å². The third-order valence-electron chi connectivity index (χ3n) is 7.03. The number of hydrazine groups is 1. The molecule has 2 aliphatic heterocycles. The van der Waals surface area contributed by atoms with E-state index in [1.54, 1.807) is 0 Å². The minimum absolute atomic E-state index is 0.403. The third-order valence-corrected chi connectivity index (χ3v) is 7.03. The molecule has 3 N–H and O–H groups in total. The Hall–Kier alpha value is -2.65. The quantitative estimate of drug-likeness (QED) is 0.592. The van der Waals surface area contributed by atoms with Gasteiger partial charge in [-0.1, -0.05) is 32.6 Å². The van der Waals surface area contributed by atoms with Gasteiger partial charge in [0.25, 0.3) is 17.7 Å². The van der Waals surface area contributed by atoms with E-state index in [0.29, 0.717) is 36.6 Å². The monoisotopic (exact) mass is 419 g/mol. The Bertz CT molecular complexity index is 780. The van der Waals surface area contributed by atoms with E-state index in [0.717, 1.165) is 43.4 Å². The molecule has 10 heteroatoms. The summed E-state index contributed by atoms with van der Waals surface area (Å²) in [6, 6.07) is -1.28. The first-order valence-electron chi connectivity index (χ1n) is 10.9. The summed E-state index contributed by atoms with van der Waals surface area (Å²) in [6.45, 7) is 1.57. The van der Waals surface area contributed by atoms with Gasteiger partial charge >= 0.3 is 12.1 Å². The number of imide groups is 2. The van der Waals surface area contributed by atoms with Gasteiger partial charge in [-0.25, -0.2) is 9.59 Å². The second-order valence-electron chi connectivity index (χ2n) is 9.19. The van der Waals surface area contributed by atoms with E-state index in [-0.39, 0.29) is 0 Å². The molecule has 2 saturated heterocycles. The average molecular weight is 419 g/mol. The van der Waals surface area contributed by atoms with Gasteiger partial charge in [0.1, 0.15) is 17.6 Å². The molecule has 4 rings (SSSR count). The van der Waals surface area contributed by atoms with Gasteiger partial charge in [-0.05, 0) is 44.4 Å². The molecule has 0 aromatic rings. The van der Waals surface area contributed by atoms with Gasteiger partial charge in [0.05, 0.1) is 0 Å². The van der Waals surface area contributed by atoms with Crippen LogP contribution in [0.25, 0.3) is 0 Å². The molecule has 0 unspecified atom stereocenters. The number of nitrogens with one attached hydrogen (secondary N) is 3. The van der Waals surface area contributed by atoms with Gasteiger partial charge in [-0.3, -0.25) is 24.7 Å². The van der Waals surface area contributed by atoms with Crippen molar-refractivity contribution in [3.8, 4) is 0 Å². The molecule has 164 valence electrons. The van der Waals surface area contributed by atoms with Gasteiger partial charge in [-0.15, -0.1) is 0 Å². The highest BCUT2D eigenvalue weighted by atomic mass is 16.2. The lowest BCUT2D eigenvalue weighted by atomic mass is 9.77. The fourth-order valence-corrected chi connectivity index (χ4v) is 5.11. The van der Waals surface area contributed by atoms with Crippen LogP contribution in [-0.2, 0) is 14.4 Å². The molecule has 0 aromatic carbocycles. The van der Waals surface area contributed by atoms with Crippen LogP contribution in [0, 0.1) is 5.92 Å². The molecular weight excluding hydrogens is 390 g/mol. The summed E-state index contributed by atoms with van der Waals surface area (Å²) in [6.07, 6.45) is 7.52. The predicted molar refractivity (Wildman–Crippen MR) is 105 cm³/mol. The smallest absolute Gasteiger partial charge is 0.323 e. The van der Waals surface area contributed by atoms with E-state index in [9.17, 15) is 24.0 Å². The fraction of sp³-hybridized carbons (Fsp3) is 0.750. The highest BCUT2D eigenvalue weighted by Crippen LogP contribution is 2.36. The van der Waals surface area contributed by atoms with Gasteiger partial charge < -0.3 is 10.6 Å². The summed E-state index contributed by atoms with van der Waals surface area (Å²) in [4.78, 5) is 63.9. The first-order chi connectivity index (χ1) is 14.3. The summed E-state index contributed by atoms with van der Waals surface area (Å²) in [5.41, 5.74) is 0.389. The number of rotatable bonds is 3. The van der Waals surface area contributed by atoms with Crippen molar-refractivity contribution in [2.24, 2.45) is 5.92 Å². The molecule has 0 aromatic heterocycles. The number of hydrogen-bond acceptors (Lipinski definition) is 5. The fourth-order valence-electron chi connectivity index (χ4n) is 5.11. The van der Waals surface area contributed by atoms with Gasteiger partial charge in [-0.2, -0.15) is 5.01 Å². The van der Waals surface area contributed by atoms with Crippen molar-refractivity contribution in [1.82, 2.24) is 26.0 Å². The average Bonchev–Trinajstić information content (AvgIpc) is 2.96. The van der Waals surface area contributed by atoms with Crippen LogP contribution in [0.3, 0.4) is 0 Å². The minimum atomic E-state index is -0.970. The van der Waals surface area contributed by atoms with Crippen LogP contribution in [0.2, 0.25) is 0 Å². The Labute approximate surface area is 175 Å². The lowest BCUT2D eigenvalue weighted by Crippen LogP contribution is -2.53. The SMILES string of the molecule is CC1CCC2(CC1)NC(=O)N(NC(=O)CN1C(=O)NC3(CCCCCC3)C1=O)C2=O. The Morgan fingerprint density at radius 1 is 0.900 bits per heavy atom. The van der Waals surface area contributed by atoms with Crippen LogP contribution < -0.4 is 16.1 Å².